The topological polar surface area (TPSA) is 93.2 Å². The van der Waals surface area contributed by atoms with Crippen molar-refractivity contribution in [3.05, 3.63) is 76.9 Å². The van der Waals surface area contributed by atoms with E-state index in [-0.39, 0.29) is 17.9 Å². The van der Waals surface area contributed by atoms with E-state index < -0.39 is 23.5 Å². The van der Waals surface area contributed by atoms with Crippen molar-refractivity contribution in [2.24, 2.45) is 7.05 Å². The number of hydrogen-bond acceptors (Lipinski definition) is 5. The van der Waals surface area contributed by atoms with E-state index in [0.29, 0.717) is 35.5 Å². The number of aromatic nitrogens is 4. The first-order valence-corrected chi connectivity index (χ1v) is 10.3. The minimum absolute atomic E-state index is 0.0107. The van der Waals surface area contributed by atoms with Gasteiger partial charge < -0.3 is 14.6 Å². The summed E-state index contributed by atoms with van der Waals surface area (Å²) >= 11 is 0. The molecule has 1 fully saturated rings. The number of nitrogens with zero attached hydrogens (tertiary/aromatic N) is 5. The number of likely N-dealkylation sites (tertiary alicyclic amines) is 1. The Hall–Kier alpha value is -3.75. The number of aliphatic hydroxyl groups excluding tert-OH is 1. The normalized spacial score (nSPS) is 18.0. The van der Waals surface area contributed by atoms with Gasteiger partial charge in [0.25, 0.3) is 11.7 Å². The van der Waals surface area contributed by atoms with Gasteiger partial charge in [0.05, 0.1) is 29.2 Å². The lowest BCUT2D eigenvalue weighted by Crippen LogP contribution is -2.31. The highest BCUT2D eigenvalue weighted by molar-refractivity contribution is 6.46. The molecule has 1 saturated heterocycles. The lowest BCUT2D eigenvalue weighted by molar-refractivity contribution is -0.139. The third-order valence-electron chi connectivity index (χ3n) is 5.85. The summed E-state index contributed by atoms with van der Waals surface area (Å²) in [6, 6.07) is 4.80. The first kappa shape index (κ1) is 21.5. The fourth-order valence-electron chi connectivity index (χ4n) is 4.20. The molecular formula is C23H24FN5O3. The molecule has 1 atom stereocenters. The summed E-state index contributed by atoms with van der Waals surface area (Å²) in [4.78, 5) is 31.5. The van der Waals surface area contributed by atoms with Crippen LogP contribution in [0, 0.1) is 19.7 Å². The van der Waals surface area contributed by atoms with Crippen LogP contribution in [0.4, 0.5) is 4.39 Å². The zero-order valence-electron chi connectivity index (χ0n) is 18.1. The molecule has 0 radical (unpaired) electrons. The van der Waals surface area contributed by atoms with E-state index in [4.69, 9.17) is 0 Å². The predicted octanol–water partition coefficient (Wildman–Crippen LogP) is 2.88. The molecule has 1 unspecified atom stereocenters. The van der Waals surface area contributed by atoms with E-state index in [1.807, 2.05) is 10.8 Å². The van der Waals surface area contributed by atoms with Crippen molar-refractivity contribution >= 4 is 17.4 Å². The molecule has 4 rings (SSSR count). The highest BCUT2D eigenvalue weighted by Crippen LogP contribution is 2.40. The molecule has 1 amide bonds. The van der Waals surface area contributed by atoms with Crippen LogP contribution in [-0.4, -0.2) is 47.6 Å². The summed E-state index contributed by atoms with van der Waals surface area (Å²) in [5.74, 6) is -2.14. The second-order valence-electron chi connectivity index (χ2n) is 7.87. The first-order valence-electron chi connectivity index (χ1n) is 10.3. The van der Waals surface area contributed by atoms with Crippen LogP contribution in [0.25, 0.3) is 5.76 Å². The Bertz CT molecular complexity index is 1200. The second-order valence-corrected chi connectivity index (χ2v) is 7.87. The van der Waals surface area contributed by atoms with Gasteiger partial charge in [-0.3, -0.25) is 14.3 Å². The number of carbonyl (C=O) groups is 2. The Balaban J connectivity index is 1.77. The lowest BCUT2D eigenvalue weighted by Gasteiger charge is -2.25. The number of rotatable bonds is 6. The van der Waals surface area contributed by atoms with Crippen LogP contribution in [0.5, 0.6) is 0 Å². The third kappa shape index (κ3) is 3.70. The Morgan fingerprint density at radius 3 is 2.47 bits per heavy atom. The lowest BCUT2D eigenvalue weighted by atomic mass is 9.94. The number of hydrogen-bond donors (Lipinski definition) is 1. The summed E-state index contributed by atoms with van der Waals surface area (Å²) in [5, 5.41) is 15.5. The van der Waals surface area contributed by atoms with Gasteiger partial charge in [0.1, 0.15) is 11.6 Å². The number of ketones is 1. The Kier molecular flexibility index (Phi) is 5.65. The van der Waals surface area contributed by atoms with Gasteiger partial charge >= 0.3 is 0 Å². The fraction of sp³-hybridized carbons (Fsp3) is 0.304. The summed E-state index contributed by atoms with van der Waals surface area (Å²) in [5.41, 5.74) is 2.18. The second kappa shape index (κ2) is 8.41. The fourth-order valence-corrected chi connectivity index (χ4v) is 4.20. The van der Waals surface area contributed by atoms with Crippen LogP contribution < -0.4 is 0 Å². The molecule has 3 heterocycles. The Labute approximate surface area is 184 Å². The van der Waals surface area contributed by atoms with Crippen LogP contribution in [0.1, 0.15) is 35.0 Å². The maximum absolute atomic E-state index is 13.6. The highest BCUT2D eigenvalue weighted by Gasteiger charge is 2.46. The molecule has 8 nitrogen and oxygen atoms in total. The molecule has 1 aromatic carbocycles. The zero-order valence-corrected chi connectivity index (χ0v) is 18.1. The molecule has 1 aliphatic heterocycles. The molecule has 0 saturated carbocycles. The molecule has 9 heteroatoms. The number of Topliss-reactive ketones (excluding diaryl/α,β-unsaturated/α-hetero) is 1. The molecule has 0 aliphatic carbocycles. The third-order valence-corrected chi connectivity index (χ3v) is 5.85. The van der Waals surface area contributed by atoms with Crippen LogP contribution >= 0.6 is 0 Å². The molecule has 0 bridgehead atoms. The van der Waals surface area contributed by atoms with Crippen LogP contribution in [-0.2, 0) is 23.2 Å². The van der Waals surface area contributed by atoms with Gasteiger partial charge in [-0.05, 0) is 38.0 Å². The van der Waals surface area contributed by atoms with Crippen LogP contribution in [0.2, 0.25) is 0 Å². The minimum atomic E-state index is -0.822. The van der Waals surface area contributed by atoms with Crippen LogP contribution in [0.15, 0.2) is 48.6 Å². The number of aliphatic hydroxyl groups is 1. The SMILES string of the molecule is Cc1nn(C)c(C)c1C(O)=C1C(=O)C(=O)N(CCCn2ccnc2)C1c1ccc(F)cc1. The molecule has 0 spiro atoms. The standard InChI is InChI=1S/C23H24FN5O3/c1-14-18(15(2)27(3)26-14)21(30)19-20(16-5-7-17(24)8-6-16)29(23(32)22(19)31)11-4-10-28-12-9-25-13-28/h5-9,12-13,20,30H,4,10-11H2,1-3H3. The summed E-state index contributed by atoms with van der Waals surface area (Å²) < 4.78 is 17.1. The first-order chi connectivity index (χ1) is 15.3. The molecule has 32 heavy (non-hydrogen) atoms. The predicted molar refractivity (Wildman–Crippen MR) is 115 cm³/mol. The van der Waals surface area contributed by atoms with Gasteiger partial charge in [0, 0.05) is 38.2 Å². The molecule has 2 aromatic heterocycles. The van der Waals surface area contributed by atoms with E-state index in [9.17, 15) is 19.1 Å². The maximum atomic E-state index is 13.6. The van der Waals surface area contributed by atoms with E-state index >= 15 is 0 Å². The van der Waals surface area contributed by atoms with Gasteiger partial charge in [-0.15, -0.1) is 0 Å². The molecule has 3 aromatic rings. The van der Waals surface area contributed by atoms with Gasteiger partial charge in [-0.2, -0.15) is 5.10 Å². The average Bonchev–Trinajstić information content (AvgIpc) is 3.43. The van der Waals surface area contributed by atoms with Crippen molar-refractivity contribution in [3.8, 4) is 0 Å². The van der Waals surface area contributed by atoms with E-state index in [2.05, 4.69) is 10.1 Å². The molecule has 1 aliphatic rings. The minimum Gasteiger partial charge on any atom is -0.507 e. The summed E-state index contributed by atoms with van der Waals surface area (Å²) in [6.07, 6.45) is 5.74. The van der Waals surface area contributed by atoms with E-state index in [0.717, 1.165) is 0 Å². The largest absolute Gasteiger partial charge is 0.507 e. The van der Waals surface area contributed by atoms with Crippen molar-refractivity contribution in [1.29, 1.82) is 0 Å². The van der Waals surface area contributed by atoms with Crippen molar-refractivity contribution in [3.63, 3.8) is 0 Å². The number of benzene rings is 1. The Morgan fingerprint density at radius 2 is 1.88 bits per heavy atom. The number of carbonyl (C=O) groups excluding carboxylic acids is 2. The van der Waals surface area contributed by atoms with Gasteiger partial charge in [0.15, 0.2) is 0 Å². The molecule has 166 valence electrons. The number of halogens is 1. The van der Waals surface area contributed by atoms with Crippen molar-refractivity contribution in [1.82, 2.24) is 24.2 Å². The van der Waals surface area contributed by atoms with Crippen LogP contribution in [0.3, 0.4) is 0 Å². The van der Waals surface area contributed by atoms with Gasteiger partial charge in [0.2, 0.25) is 0 Å². The van der Waals surface area contributed by atoms with Crippen molar-refractivity contribution in [2.45, 2.75) is 32.9 Å². The average molecular weight is 437 g/mol. The van der Waals surface area contributed by atoms with Crippen molar-refractivity contribution < 1.29 is 19.1 Å². The maximum Gasteiger partial charge on any atom is 0.295 e. The zero-order chi connectivity index (χ0) is 23.0. The van der Waals surface area contributed by atoms with E-state index in [1.54, 1.807) is 38.1 Å². The molecular weight excluding hydrogens is 413 g/mol. The monoisotopic (exact) mass is 437 g/mol. The highest BCUT2D eigenvalue weighted by atomic mass is 19.1. The van der Waals surface area contributed by atoms with Gasteiger partial charge in [-0.1, -0.05) is 12.1 Å². The number of aryl methyl sites for hydroxylation is 3. The van der Waals surface area contributed by atoms with E-state index in [1.165, 1.54) is 29.2 Å². The Morgan fingerprint density at radius 1 is 1.16 bits per heavy atom. The summed E-state index contributed by atoms with van der Waals surface area (Å²) in [7, 11) is 1.74. The number of amides is 1. The smallest absolute Gasteiger partial charge is 0.295 e. The van der Waals surface area contributed by atoms with Gasteiger partial charge in [-0.25, -0.2) is 9.37 Å². The quantitative estimate of drug-likeness (QED) is 0.364. The number of imidazole rings is 1. The molecule has 1 N–H and O–H groups in total. The summed E-state index contributed by atoms with van der Waals surface area (Å²) in [6.45, 7) is 4.41. The van der Waals surface area contributed by atoms with Crippen molar-refractivity contribution in [2.75, 3.05) is 6.54 Å².